The molecule has 0 radical (unpaired) electrons. The van der Waals surface area contributed by atoms with Crippen LogP contribution in [0.2, 0.25) is 0 Å². The van der Waals surface area contributed by atoms with Crippen molar-refractivity contribution < 1.29 is 28.6 Å². The van der Waals surface area contributed by atoms with E-state index in [4.69, 9.17) is 19.9 Å². The number of anilines is 1. The van der Waals surface area contributed by atoms with Crippen LogP contribution in [0.25, 0.3) is 0 Å². The lowest BCUT2D eigenvalue weighted by Gasteiger charge is -2.14. The molecule has 3 rings (SSSR count). The van der Waals surface area contributed by atoms with Crippen molar-refractivity contribution in [1.82, 2.24) is 0 Å². The van der Waals surface area contributed by atoms with E-state index in [-0.39, 0.29) is 6.10 Å². The van der Waals surface area contributed by atoms with Gasteiger partial charge in [-0.1, -0.05) is 0 Å². The minimum absolute atomic E-state index is 0.112. The number of carbonyl (C=O) groups excluding carboxylic acids is 3. The lowest BCUT2D eigenvalue weighted by Crippen LogP contribution is -2.30. The number of benzene rings is 2. The summed E-state index contributed by atoms with van der Waals surface area (Å²) in [5.74, 6) is -1.04. The molecule has 8 nitrogen and oxygen atoms in total. The average molecular weight is 412 g/mol. The summed E-state index contributed by atoms with van der Waals surface area (Å²) in [6.45, 7) is 2.72. The molecule has 0 aliphatic carbocycles. The van der Waals surface area contributed by atoms with Crippen LogP contribution in [-0.2, 0) is 14.3 Å². The van der Waals surface area contributed by atoms with E-state index in [0.717, 1.165) is 19.4 Å². The third kappa shape index (κ3) is 5.81. The fourth-order valence-corrected chi connectivity index (χ4v) is 2.90. The first-order valence-electron chi connectivity index (χ1n) is 9.68. The molecule has 0 aromatic heterocycles. The minimum Gasteiger partial charge on any atom is -0.491 e. The molecule has 0 bridgehead atoms. The van der Waals surface area contributed by atoms with E-state index in [9.17, 15) is 14.4 Å². The number of esters is 1. The van der Waals surface area contributed by atoms with Crippen molar-refractivity contribution in [2.45, 2.75) is 32.0 Å². The predicted molar refractivity (Wildman–Crippen MR) is 109 cm³/mol. The zero-order chi connectivity index (χ0) is 21.5. The van der Waals surface area contributed by atoms with Crippen LogP contribution in [0.1, 0.15) is 40.5 Å². The normalized spacial score (nSPS) is 16.5. The van der Waals surface area contributed by atoms with Crippen LogP contribution >= 0.6 is 0 Å². The predicted octanol–water partition coefficient (Wildman–Crippen LogP) is 2.53. The first kappa shape index (κ1) is 21.3. The number of primary amides is 1. The highest BCUT2D eigenvalue weighted by atomic mass is 16.5. The van der Waals surface area contributed by atoms with Crippen LogP contribution in [0.3, 0.4) is 0 Å². The standard InChI is InChI=1S/C22H24N2O6/c1-14(21(26)24-17-8-4-15(5-9-17)20(23)25)30-22(27)16-6-10-18(11-7-16)29-13-19-3-2-12-28-19/h4-11,14,19H,2-3,12-13H2,1H3,(H2,23,25)(H,24,26). The van der Waals surface area contributed by atoms with Crippen molar-refractivity contribution in [2.24, 2.45) is 5.73 Å². The molecule has 2 unspecified atom stereocenters. The van der Waals surface area contributed by atoms with Gasteiger partial charge in [-0.25, -0.2) is 4.79 Å². The van der Waals surface area contributed by atoms with Crippen LogP contribution < -0.4 is 15.8 Å². The molecule has 3 N–H and O–H groups in total. The van der Waals surface area contributed by atoms with Crippen molar-refractivity contribution in [3.63, 3.8) is 0 Å². The van der Waals surface area contributed by atoms with Crippen molar-refractivity contribution in [3.05, 3.63) is 59.7 Å². The Morgan fingerprint density at radius 1 is 1.10 bits per heavy atom. The van der Waals surface area contributed by atoms with Gasteiger partial charge in [0, 0.05) is 17.9 Å². The largest absolute Gasteiger partial charge is 0.491 e. The number of rotatable bonds is 8. The second-order valence-electron chi connectivity index (χ2n) is 6.95. The Bertz CT molecular complexity index is 889. The first-order valence-corrected chi connectivity index (χ1v) is 9.68. The van der Waals surface area contributed by atoms with Gasteiger partial charge in [-0.3, -0.25) is 9.59 Å². The maximum atomic E-state index is 12.3. The fraction of sp³-hybridized carbons (Fsp3) is 0.318. The van der Waals surface area contributed by atoms with Gasteiger partial charge in [0.05, 0.1) is 11.7 Å². The van der Waals surface area contributed by atoms with Gasteiger partial charge < -0.3 is 25.3 Å². The van der Waals surface area contributed by atoms with Crippen LogP contribution in [0.15, 0.2) is 48.5 Å². The summed E-state index contributed by atoms with van der Waals surface area (Å²) in [5.41, 5.74) is 6.28. The molecule has 1 saturated heterocycles. The Balaban J connectivity index is 1.48. The molecule has 8 heteroatoms. The van der Waals surface area contributed by atoms with E-state index >= 15 is 0 Å². The quantitative estimate of drug-likeness (QED) is 0.644. The smallest absolute Gasteiger partial charge is 0.338 e. The second-order valence-corrected chi connectivity index (χ2v) is 6.95. The summed E-state index contributed by atoms with van der Waals surface area (Å²) in [6.07, 6.45) is 1.13. The van der Waals surface area contributed by atoms with Gasteiger partial charge in [-0.2, -0.15) is 0 Å². The van der Waals surface area contributed by atoms with Crippen molar-refractivity contribution in [2.75, 3.05) is 18.5 Å². The number of hydrogen-bond acceptors (Lipinski definition) is 6. The maximum Gasteiger partial charge on any atom is 0.338 e. The van der Waals surface area contributed by atoms with Gasteiger partial charge in [-0.15, -0.1) is 0 Å². The van der Waals surface area contributed by atoms with Gasteiger partial charge in [0.1, 0.15) is 12.4 Å². The monoisotopic (exact) mass is 412 g/mol. The molecule has 0 saturated carbocycles. The first-order chi connectivity index (χ1) is 14.4. The lowest BCUT2D eigenvalue weighted by molar-refractivity contribution is -0.123. The Morgan fingerprint density at radius 2 is 1.77 bits per heavy atom. The number of nitrogens with one attached hydrogen (secondary N) is 1. The molecule has 1 heterocycles. The molecule has 1 fully saturated rings. The molecule has 1 aliphatic rings. The molecule has 2 atom stereocenters. The second kappa shape index (κ2) is 9.89. The third-order valence-corrected chi connectivity index (χ3v) is 4.64. The minimum atomic E-state index is -1.01. The Morgan fingerprint density at radius 3 is 2.37 bits per heavy atom. The van der Waals surface area contributed by atoms with Crippen LogP contribution in [0, 0.1) is 0 Å². The maximum absolute atomic E-state index is 12.3. The van der Waals surface area contributed by atoms with E-state index in [1.54, 1.807) is 36.4 Å². The van der Waals surface area contributed by atoms with Gasteiger partial charge >= 0.3 is 5.97 Å². The van der Waals surface area contributed by atoms with Gasteiger partial charge in [0.2, 0.25) is 5.91 Å². The Labute approximate surface area is 174 Å². The van der Waals surface area contributed by atoms with Gasteiger partial charge in [0.15, 0.2) is 6.10 Å². The molecule has 30 heavy (non-hydrogen) atoms. The number of nitrogens with two attached hydrogens (primary N) is 1. The highest BCUT2D eigenvalue weighted by Gasteiger charge is 2.20. The summed E-state index contributed by atoms with van der Waals surface area (Å²) in [5, 5.41) is 2.62. The number of carbonyl (C=O) groups is 3. The van der Waals surface area contributed by atoms with Crippen LogP contribution in [-0.4, -0.2) is 43.2 Å². The van der Waals surface area contributed by atoms with Gasteiger partial charge in [-0.05, 0) is 68.3 Å². The van der Waals surface area contributed by atoms with E-state index in [0.29, 0.717) is 29.2 Å². The molecule has 1 aliphatic heterocycles. The van der Waals surface area contributed by atoms with E-state index in [2.05, 4.69) is 5.32 Å². The Hall–Kier alpha value is -3.39. The molecular weight excluding hydrogens is 388 g/mol. The third-order valence-electron chi connectivity index (χ3n) is 4.64. The zero-order valence-electron chi connectivity index (χ0n) is 16.6. The molecule has 0 spiro atoms. The average Bonchev–Trinajstić information content (AvgIpc) is 3.26. The molecule has 158 valence electrons. The summed E-state index contributed by atoms with van der Waals surface area (Å²) >= 11 is 0. The Kier molecular flexibility index (Phi) is 7.03. The van der Waals surface area contributed by atoms with Gasteiger partial charge in [0.25, 0.3) is 5.91 Å². The number of hydrogen-bond donors (Lipinski definition) is 2. The van der Waals surface area contributed by atoms with E-state index < -0.39 is 23.9 Å². The summed E-state index contributed by atoms with van der Waals surface area (Å²) in [6, 6.07) is 12.6. The summed E-state index contributed by atoms with van der Waals surface area (Å²) < 4.78 is 16.4. The fourth-order valence-electron chi connectivity index (χ4n) is 2.90. The van der Waals surface area contributed by atoms with Crippen molar-refractivity contribution in [3.8, 4) is 5.75 Å². The lowest BCUT2D eigenvalue weighted by atomic mass is 10.2. The molecular formula is C22H24N2O6. The summed E-state index contributed by atoms with van der Waals surface area (Å²) in [7, 11) is 0. The molecule has 2 aromatic carbocycles. The zero-order valence-corrected chi connectivity index (χ0v) is 16.6. The molecule has 2 aromatic rings. The van der Waals surface area contributed by atoms with Crippen molar-refractivity contribution in [1.29, 1.82) is 0 Å². The topological polar surface area (TPSA) is 117 Å². The van der Waals surface area contributed by atoms with Crippen molar-refractivity contribution >= 4 is 23.5 Å². The summed E-state index contributed by atoms with van der Waals surface area (Å²) in [4.78, 5) is 35.6. The van der Waals surface area contributed by atoms with Crippen LogP contribution in [0.4, 0.5) is 5.69 Å². The highest BCUT2D eigenvalue weighted by molar-refractivity contribution is 5.98. The van der Waals surface area contributed by atoms with Crippen LogP contribution in [0.5, 0.6) is 5.75 Å². The molecule has 2 amide bonds. The SMILES string of the molecule is CC(OC(=O)c1ccc(OCC2CCCO2)cc1)C(=O)Nc1ccc(C(N)=O)cc1. The van der Waals surface area contributed by atoms with E-state index in [1.807, 2.05) is 0 Å². The number of ether oxygens (including phenoxy) is 3. The highest BCUT2D eigenvalue weighted by Crippen LogP contribution is 2.17. The van der Waals surface area contributed by atoms with E-state index in [1.165, 1.54) is 19.1 Å². The number of amides is 2.